The average Bonchev–Trinajstić information content (AvgIpc) is 3.05. The molecule has 0 aromatic heterocycles. The maximum Gasteiger partial charge on any atom is 0.417 e. The molecule has 1 atom stereocenters. The summed E-state index contributed by atoms with van der Waals surface area (Å²) in [6.07, 6.45) is -4.17. The highest BCUT2D eigenvalue weighted by molar-refractivity contribution is 9.10. The van der Waals surface area contributed by atoms with E-state index in [0.29, 0.717) is 28.9 Å². The van der Waals surface area contributed by atoms with Gasteiger partial charge in [-0.05, 0) is 60.0 Å². The molecule has 1 N–H and O–H groups in total. The Morgan fingerprint density at radius 2 is 1.51 bits per heavy atom. The van der Waals surface area contributed by atoms with E-state index in [1.807, 2.05) is 13.0 Å². The molecule has 0 aliphatic rings. The molecule has 7 nitrogen and oxygen atoms in total. The smallest absolute Gasteiger partial charge is 0.354 e. The number of anilines is 1. The van der Waals surface area contributed by atoms with Gasteiger partial charge in [-0.2, -0.15) is 13.2 Å². The van der Waals surface area contributed by atoms with Gasteiger partial charge < -0.3 is 10.2 Å². The van der Waals surface area contributed by atoms with Crippen LogP contribution in [0.25, 0.3) is 0 Å². The summed E-state index contributed by atoms with van der Waals surface area (Å²) in [5.74, 6) is -1.26. The molecule has 4 rings (SSSR count). The molecule has 4 aromatic rings. The van der Waals surface area contributed by atoms with Crippen LogP contribution in [0.3, 0.4) is 0 Å². The van der Waals surface area contributed by atoms with Gasteiger partial charge in [0.1, 0.15) is 12.6 Å². The van der Waals surface area contributed by atoms with E-state index in [-0.39, 0.29) is 17.9 Å². The largest absolute Gasteiger partial charge is 0.417 e. The number of carbonyl (C=O) groups is 2. The number of halogens is 5. The third kappa shape index (κ3) is 9.36. The molecule has 47 heavy (non-hydrogen) atoms. The second kappa shape index (κ2) is 15.8. The van der Waals surface area contributed by atoms with Crippen molar-refractivity contribution in [1.29, 1.82) is 0 Å². The number of benzene rings is 4. The van der Waals surface area contributed by atoms with Crippen molar-refractivity contribution in [3.63, 3.8) is 0 Å². The molecule has 248 valence electrons. The maximum absolute atomic E-state index is 14.4. The highest BCUT2D eigenvalue weighted by Crippen LogP contribution is 2.38. The standard InChI is InChI=1S/C34H32BrClF3N3O4S/c1-2-19-40-33(44)31(20-24-9-5-3-6-10-24)41(22-25-13-15-26(35)16-14-25)32(43)23-42(47(45,46)28-11-7-4-8-12-28)27-17-18-30(36)29(21-27)34(37,38)39/h3-18,21,31H,2,19-20,22-23H2,1H3,(H,40,44)/t31-/m1/s1. The van der Waals surface area contributed by atoms with Crippen LogP contribution in [0.4, 0.5) is 18.9 Å². The van der Waals surface area contributed by atoms with Crippen molar-refractivity contribution in [1.82, 2.24) is 10.2 Å². The minimum absolute atomic E-state index is 0.0865. The van der Waals surface area contributed by atoms with Gasteiger partial charge in [-0.15, -0.1) is 0 Å². The number of hydrogen-bond donors (Lipinski definition) is 1. The van der Waals surface area contributed by atoms with Crippen LogP contribution in [0.5, 0.6) is 0 Å². The molecule has 0 radical (unpaired) electrons. The summed E-state index contributed by atoms with van der Waals surface area (Å²) in [7, 11) is -4.59. The minimum atomic E-state index is -4.90. The van der Waals surface area contributed by atoms with Crippen molar-refractivity contribution in [2.24, 2.45) is 0 Å². The van der Waals surface area contributed by atoms with Gasteiger partial charge >= 0.3 is 6.18 Å². The Hall–Kier alpha value is -3.87. The van der Waals surface area contributed by atoms with E-state index in [2.05, 4.69) is 21.2 Å². The molecule has 4 aromatic carbocycles. The van der Waals surface area contributed by atoms with Gasteiger partial charge in [0.15, 0.2) is 0 Å². The molecule has 0 unspecified atom stereocenters. The van der Waals surface area contributed by atoms with Crippen molar-refractivity contribution in [3.05, 3.63) is 129 Å². The first-order valence-corrected chi connectivity index (χ1v) is 17.2. The molecule has 0 aliphatic heterocycles. The zero-order valence-corrected chi connectivity index (χ0v) is 28.4. The van der Waals surface area contributed by atoms with Gasteiger partial charge in [-0.3, -0.25) is 13.9 Å². The first-order valence-electron chi connectivity index (χ1n) is 14.6. The Morgan fingerprint density at radius 3 is 2.11 bits per heavy atom. The Kier molecular flexibility index (Phi) is 12.1. The maximum atomic E-state index is 14.4. The molecule has 0 saturated carbocycles. The Bertz CT molecular complexity index is 1780. The predicted molar refractivity (Wildman–Crippen MR) is 179 cm³/mol. The van der Waals surface area contributed by atoms with Crippen molar-refractivity contribution < 1.29 is 31.2 Å². The van der Waals surface area contributed by atoms with Gasteiger partial charge in [-0.1, -0.05) is 95.1 Å². The molecular formula is C34H32BrClF3N3O4S. The summed E-state index contributed by atoms with van der Waals surface area (Å²) in [5.41, 5.74) is -0.284. The van der Waals surface area contributed by atoms with E-state index in [4.69, 9.17) is 11.6 Å². The van der Waals surface area contributed by atoms with Crippen LogP contribution >= 0.6 is 27.5 Å². The Morgan fingerprint density at radius 1 is 0.894 bits per heavy atom. The Labute approximate surface area is 285 Å². The number of hydrogen-bond acceptors (Lipinski definition) is 4. The molecule has 0 saturated heterocycles. The number of sulfonamides is 1. The molecular weight excluding hydrogens is 719 g/mol. The van der Waals surface area contributed by atoms with Crippen LogP contribution in [0, 0.1) is 0 Å². The minimum Gasteiger partial charge on any atom is -0.354 e. The summed E-state index contributed by atoms with van der Waals surface area (Å²) in [6.45, 7) is 1.23. The van der Waals surface area contributed by atoms with Crippen LogP contribution in [-0.2, 0) is 38.8 Å². The third-order valence-electron chi connectivity index (χ3n) is 7.24. The van der Waals surface area contributed by atoms with E-state index in [0.717, 1.165) is 22.2 Å². The molecule has 0 fully saturated rings. The average molecular weight is 751 g/mol. The van der Waals surface area contributed by atoms with Gasteiger partial charge in [0.25, 0.3) is 10.0 Å². The highest BCUT2D eigenvalue weighted by Gasteiger charge is 2.37. The number of rotatable bonds is 13. The number of carbonyl (C=O) groups excluding carboxylic acids is 2. The van der Waals surface area contributed by atoms with Gasteiger partial charge in [0.2, 0.25) is 11.8 Å². The van der Waals surface area contributed by atoms with Crippen LogP contribution in [0.15, 0.2) is 112 Å². The molecule has 0 spiro atoms. The summed E-state index contributed by atoms with van der Waals surface area (Å²) >= 11 is 9.24. The normalized spacial score (nSPS) is 12.3. The van der Waals surface area contributed by atoms with Crippen molar-refractivity contribution in [2.45, 2.75) is 43.4 Å². The molecule has 0 heterocycles. The van der Waals surface area contributed by atoms with Gasteiger partial charge in [0, 0.05) is 24.0 Å². The topological polar surface area (TPSA) is 86.8 Å². The van der Waals surface area contributed by atoms with Crippen LogP contribution in [0.1, 0.15) is 30.0 Å². The lowest BCUT2D eigenvalue weighted by Crippen LogP contribution is -2.53. The lowest BCUT2D eigenvalue weighted by molar-refractivity contribution is -0.140. The number of nitrogens with one attached hydrogen (secondary N) is 1. The van der Waals surface area contributed by atoms with Crippen LogP contribution in [-0.4, -0.2) is 44.3 Å². The predicted octanol–water partition coefficient (Wildman–Crippen LogP) is 7.48. The number of nitrogens with zero attached hydrogens (tertiary/aromatic N) is 2. The fraction of sp³-hybridized carbons (Fsp3) is 0.235. The lowest BCUT2D eigenvalue weighted by Gasteiger charge is -2.34. The zero-order chi connectivity index (χ0) is 34.2. The van der Waals surface area contributed by atoms with E-state index < -0.39 is 56.9 Å². The summed E-state index contributed by atoms with van der Waals surface area (Å²) in [5, 5.41) is 2.21. The molecule has 0 bridgehead atoms. The molecule has 0 aliphatic carbocycles. The van der Waals surface area contributed by atoms with Crippen LogP contribution < -0.4 is 9.62 Å². The van der Waals surface area contributed by atoms with Crippen molar-refractivity contribution in [2.75, 3.05) is 17.4 Å². The summed E-state index contributed by atoms with van der Waals surface area (Å²) < 4.78 is 71.2. The van der Waals surface area contributed by atoms with Gasteiger partial charge in [0.05, 0.1) is 21.2 Å². The van der Waals surface area contributed by atoms with Crippen molar-refractivity contribution in [3.8, 4) is 0 Å². The summed E-state index contributed by atoms with van der Waals surface area (Å²) in [4.78, 5) is 29.1. The fourth-order valence-electron chi connectivity index (χ4n) is 4.84. The lowest BCUT2D eigenvalue weighted by atomic mass is 10.0. The first kappa shape index (κ1) is 36.0. The Balaban J connectivity index is 1.84. The SMILES string of the molecule is CCCNC(=O)[C@@H](Cc1ccccc1)N(Cc1ccc(Br)cc1)C(=O)CN(c1ccc(Cl)c(C(F)(F)F)c1)S(=O)(=O)c1ccccc1. The molecule has 13 heteroatoms. The van der Waals surface area contributed by atoms with E-state index in [9.17, 15) is 31.2 Å². The van der Waals surface area contributed by atoms with E-state index in [1.165, 1.54) is 29.2 Å². The monoisotopic (exact) mass is 749 g/mol. The zero-order valence-electron chi connectivity index (χ0n) is 25.3. The fourth-order valence-corrected chi connectivity index (χ4v) is 6.76. The van der Waals surface area contributed by atoms with Gasteiger partial charge in [-0.25, -0.2) is 8.42 Å². The third-order valence-corrected chi connectivity index (χ3v) is 9.89. The summed E-state index contributed by atoms with van der Waals surface area (Å²) in [6, 6.07) is 24.7. The molecule has 2 amide bonds. The highest BCUT2D eigenvalue weighted by atomic mass is 79.9. The van der Waals surface area contributed by atoms with Crippen LogP contribution in [0.2, 0.25) is 5.02 Å². The van der Waals surface area contributed by atoms with Crippen molar-refractivity contribution >= 4 is 55.1 Å². The quantitative estimate of drug-likeness (QED) is 0.154. The number of amides is 2. The first-order chi connectivity index (χ1) is 22.3. The number of alkyl halides is 3. The van der Waals surface area contributed by atoms with E-state index in [1.54, 1.807) is 54.6 Å². The van der Waals surface area contributed by atoms with E-state index >= 15 is 0 Å². The second-order valence-electron chi connectivity index (χ2n) is 10.6. The second-order valence-corrected chi connectivity index (χ2v) is 13.8.